The van der Waals surface area contributed by atoms with E-state index in [9.17, 15) is 4.79 Å². The molecule has 0 aliphatic carbocycles. The molecule has 2 aromatic rings. The van der Waals surface area contributed by atoms with E-state index in [2.05, 4.69) is 15.0 Å². The van der Waals surface area contributed by atoms with Crippen LogP contribution in [0.15, 0.2) is 23.3 Å². The minimum Gasteiger partial charge on any atom is -0.361 e. The topological polar surface area (TPSA) is 62.2 Å². The highest BCUT2D eigenvalue weighted by molar-refractivity contribution is 7.07. The molecule has 1 aliphatic heterocycles. The van der Waals surface area contributed by atoms with Gasteiger partial charge in [-0.2, -0.15) is 0 Å². The Bertz CT molecular complexity index is 656. The predicted octanol–water partition coefficient (Wildman–Crippen LogP) is 2.48. The Balaban J connectivity index is 1.56. The maximum absolute atomic E-state index is 12.4. The van der Waals surface area contributed by atoms with Gasteiger partial charge in [-0.3, -0.25) is 9.78 Å². The Morgan fingerprint density at radius 1 is 1.25 bits per heavy atom. The summed E-state index contributed by atoms with van der Waals surface area (Å²) in [6.07, 6.45) is 7.79. The lowest BCUT2D eigenvalue weighted by Gasteiger charge is -2.19. The average molecular weight is 345 g/mol. The molecular weight excluding hydrogens is 322 g/mol. The van der Waals surface area contributed by atoms with Crippen LogP contribution in [0.25, 0.3) is 0 Å². The van der Waals surface area contributed by atoms with Crippen molar-refractivity contribution in [2.45, 2.75) is 25.7 Å². The van der Waals surface area contributed by atoms with Crippen LogP contribution in [0.5, 0.6) is 0 Å². The first-order valence-electron chi connectivity index (χ1n) is 8.29. The van der Waals surface area contributed by atoms with E-state index in [1.807, 2.05) is 41.7 Å². The fourth-order valence-corrected chi connectivity index (χ4v) is 3.56. The summed E-state index contributed by atoms with van der Waals surface area (Å²) in [6.45, 7) is 1.61. The van der Waals surface area contributed by atoms with Crippen molar-refractivity contribution >= 4 is 23.1 Å². The third kappa shape index (κ3) is 4.08. The number of anilines is 1. The SMILES string of the molecule is CN(C)c1cnc(C[C@H]2CCCN(C(=O)c3cscn3)CC2)cn1. The molecule has 0 aromatic carbocycles. The average Bonchev–Trinajstić information content (AvgIpc) is 3.02. The van der Waals surface area contributed by atoms with Crippen LogP contribution in [0.3, 0.4) is 0 Å². The second kappa shape index (κ2) is 7.70. The number of thiazole rings is 1. The molecule has 3 rings (SSSR count). The van der Waals surface area contributed by atoms with Crippen molar-refractivity contribution in [2.24, 2.45) is 5.92 Å². The standard InChI is InChI=1S/C17H23N5OS/c1-21(2)16-10-18-14(9-19-16)8-13-4-3-6-22(7-5-13)17(23)15-11-24-12-20-15/h9-13H,3-8H2,1-2H3/t13-/m0/s1. The van der Waals surface area contributed by atoms with E-state index in [0.717, 1.165) is 50.3 Å². The largest absolute Gasteiger partial charge is 0.361 e. The molecule has 1 fully saturated rings. The lowest BCUT2D eigenvalue weighted by atomic mass is 9.95. The molecule has 1 saturated heterocycles. The third-order valence-electron chi connectivity index (χ3n) is 4.43. The van der Waals surface area contributed by atoms with E-state index in [0.29, 0.717) is 11.6 Å². The van der Waals surface area contributed by atoms with Gasteiger partial charge in [0.05, 0.1) is 23.6 Å². The van der Waals surface area contributed by atoms with Gasteiger partial charge in [-0.05, 0) is 31.6 Å². The molecule has 0 bridgehead atoms. The summed E-state index contributed by atoms with van der Waals surface area (Å²) in [5.74, 6) is 1.49. The van der Waals surface area contributed by atoms with Crippen LogP contribution in [-0.4, -0.2) is 52.9 Å². The minimum absolute atomic E-state index is 0.0621. The molecule has 2 aromatic heterocycles. The molecule has 7 heteroatoms. The second-order valence-electron chi connectivity index (χ2n) is 6.43. The fourth-order valence-electron chi connectivity index (χ4n) is 3.03. The maximum atomic E-state index is 12.4. The number of carbonyl (C=O) groups is 1. The molecule has 24 heavy (non-hydrogen) atoms. The van der Waals surface area contributed by atoms with Gasteiger partial charge in [0, 0.05) is 32.6 Å². The van der Waals surface area contributed by atoms with Gasteiger partial charge in [-0.15, -0.1) is 11.3 Å². The summed E-state index contributed by atoms with van der Waals surface area (Å²) in [5, 5.41) is 1.83. The first-order valence-corrected chi connectivity index (χ1v) is 9.23. The summed E-state index contributed by atoms with van der Waals surface area (Å²) in [4.78, 5) is 29.4. The molecule has 3 heterocycles. The van der Waals surface area contributed by atoms with E-state index >= 15 is 0 Å². The monoisotopic (exact) mass is 345 g/mol. The Labute approximate surface area is 146 Å². The van der Waals surface area contributed by atoms with Crippen LogP contribution >= 0.6 is 11.3 Å². The van der Waals surface area contributed by atoms with E-state index in [1.165, 1.54) is 11.3 Å². The lowest BCUT2D eigenvalue weighted by Crippen LogP contribution is -2.32. The van der Waals surface area contributed by atoms with Crippen molar-refractivity contribution < 1.29 is 4.79 Å². The Morgan fingerprint density at radius 2 is 2.12 bits per heavy atom. The van der Waals surface area contributed by atoms with Gasteiger partial charge in [0.2, 0.25) is 0 Å². The van der Waals surface area contributed by atoms with Crippen molar-refractivity contribution in [1.82, 2.24) is 19.9 Å². The van der Waals surface area contributed by atoms with Crippen LogP contribution in [0.2, 0.25) is 0 Å². The van der Waals surface area contributed by atoms with E-state index < -0.39 is 0 Å². The molecule has 0 spiro atoms. The smallest absolute Gasteiger partial charge is 0.273 e. The van der Waals surface area contributed by atoms with Gasteiger partial charge in [0.15, 0.2) is 0 Å². The van der Waals surface area contributed by atoms with Crippen LogP contribution in [0, 0.1) is 5.92 Å². The number of nitrogens with zero attached hydrogens (tertiary/aromatic N) is 5. The van der Waals surface area contributed by atoms with Crippen molar-refractivity contribution in [1.29, 1.82) is 0 Å². The second-order valence-corrected chi connectivity index (χ2v) is 7.15. The van der Waals surface area contributed by atoms with Crippen LogP contribution in [-0.2, 0) is 6.42 Å². The summed E-state index contributed by atoms with van der Waals surface area (Å²) >= 11 is 1.47. The van der Waals surface area contributed by atoms with Crippen molar-refractivity contribution in [3.63, 3.8) is 0 Å². The molecule has 0 unspecified atom stereocenters. The van der Waals surface area contributed by atoms with Crippen LogP contribution in [0.4, 0.5) is 5.82 Å². The zero-order valence-electron chi connectivity index (χ0n) is 14.2. The highest BCUT2D eigenvalue weighted by atomic mass is 32.1. The van der Waals surface area contributed by atoms with Crippen LogP contribution in [0.1, 0.15) is 35.4 Å². The molecule has 0 N–H and O–H groups in total. The lowest BCUT2D eigenvalue weighted by molar-refractivity contribution is 0.0755. The molecule has 1 atom stereocenters. The van der Waals surface area contributed by atoms with Crippen molar-refractivity contribution in [3.05, 3.63) is 34.7 Å². The molecule has 1 aliphatic rings. The van der Waals surface area contributed by atoms with Gasteiger partial charge >= 0.3 is 0 Å². The zero-order chi connectivity index (χ0) is 16.9. The summed E-state index contributed by atoms with van der Waals surface area (Å²) in [5.41, 5.74) is 3.32. The van der Waals surface area contributed by atoms with Crippen molar-refractivity contribution in [3.8, 4) is 0 Å². The zero-order valence-corrected chi connectivity index (χ0v) is 15.0. The minimum atomic E-state index is 0.0621. The fraction of sp³-hybridized carbons (Fsp3) is 0.529. The highest BCUT2D eigenvalue weighted by Gasteiger charge is 2.23. The van der Waals surface area contributed by atoms with E-state index in [-0.39, 0.29) is 5.91 Å². The normalized spacial score (nSPS) is 18.2. The van der Waals surface area contributed by atoms with E-state index in [1.54, 1.807) is 5.51 Å². The Morgan fingerprint density at radius 3 is 2.79 bits per heavy atom. The molecule has 128 valence electrons. The quantitative estimate of drug-likeness (QED) is 0.852. The number of likely N-dealkylation sites (tertiary alicyclic amines) is 1. The first kappa shape index (κ1) is 16.8. The molecule has 6 nitrogen and oxygen atoms in total. The number of hydrogen-bond donors (Lipinski definition) is 0. The number of aromatic nitrogens is 3. The first-order chi connectivity index (χ1) is 11.6. The van der Waals surface area contributed by atoms with Gasteiger partial charge in [0.1, 0.15) is 11.5 Å². The maximum Gasteiger partial charge on any atom is 0.273 e. The summed E-state index contributed by atoms with van der Waals surface area (Å²) in [6, 6.07) is 0. The van der Waals surface area contributed by atoms with Gasteiger partial charge in [-0.1, -0.05) is 0 Å². The van der Waals surface area contributed by atoms with E-state index in [4.69, 9.17) is 0 Å². The summed E-state index contributed by atoms with van der Waals surface area (Å²) in [7, 11) is 3.92. The third-order valence-corrected chi connectivity index (χ3v) is 5.02. The molecule has 0 radical (unpaired) electrons. The van der Waals surface area contributed by atoms with Crippen molar-refractivity contribution in [2.75, 3.05) is 32.1 Å². The number of rotatable bonds is 4. The molecule has 0 saturated carbocycles. The number of amides is 1. The summed E-state index contributed by atoms with van der Waals surface area (Å²) < 4.78 is 0. The Hall–Kier alpha value is -2.02. The predicted molar refractivity (Wildman–Crippen MR) is 95.4 cm³/mol. The highest BCUT2D eigenvalue weighted by Crippen LogP contribution is 2.22. The van der Waals surface area contributed by atoms with Crippen LogP contribution < -0.4 is 4.90 Å². The number of carbonyl (C=O) groups excluding carboxylic acids is 1. The number of hydrogen-bond acceptors (Lipinski definition) is 6. The van der Waals surface area contributed by atoms with Gasteiger partial charge in [0.25, 0.3) is 5.91 Å². The van der Waals surface area contributed by atoms with Gasteiger partial charge in [-0.25, -0.2) is 9.97 Å². The molecular formula is C17H23N5OS. The Kier molecular flexibility index (Phi) is 5.40. The molecule has 1 amide bonds. The van der Waals surface area contributed by atoms with Gasteiger partial charge < -0.3 is 9.80 Å².